The van der Waals surface area contributed by atoms with Gasteiger partial charge in [0.1, 0.15) is 25.4 Å². The van der Waals surface area contributed by atoms with Crippen LogP contribution in [0.1, 0.15) is 432 Å². The topological polar surface area (TPSA) is 231 Å². The summed E-state index contributed by atoms with van der Waals surface area (Å²) in [4.78, 5) is 59.2. The lowest BCUT2D eigenvalue weighted by molar-refractivity contribution is -0.161. The van der Waals surface area contributed by atoms with Gasteiger partial charge in [-0.25, -0.2) is 9.13 Å². The minimum absolute atomic E-state index is 0.0832. The number of phosphoric ester groups is 2. The fraction of sp³-hybridized carbons (Fsp3) is 0.697. The van der Waals surface area contributed by atoms with Crippen LogP contribution >= 0.6 is 15.6 Å². The molecule has 0 radical (unpaired) electrons. The summed E-state index contributed by atoms with van der Waals surface area (Å²) in [5, 5.41) is 20.8. The van der Waals surface area contributed by atoms with E-state index in [4.69, 9.17) is 32.3 Å². The highest BCUT2D eigenvalue weighted by Gasteiger charge is 2.30. The van der Waals surface area contributed by atoms with E-state index in [-0.39, 0.29) is 19.3 Å². The van der Waals surface area contributed by atoms with Crippen LogP contribution in [0.15, 0.2) is 182 Å². The van der Waals surface area contributed by atoms with Crippen molar-refractivity contribution in [2.24, 2.45) is 0 Å². The molecular formula is C109H186O16P2. The van der Waals surface area contributed by atoms with E-state index in [0.717, 1.165) is 167 Å². The first kappa shape index (κ1) is 122. The first-order valence-corrected chi connectivity index (χ1v) is 54.1. The predicted molar refractivity (Wildman–Crippen MR) is 537 cm³/mol. The van der Waals surface area contributed by atoms with Crippen LogP contribution in [0.2, 0.25) is 0 Å². The van der Waals surface area contributed by atoms with E-state index in [1.807, 2.05) is 0 Å². The molecule has 0 spiro atoms. The highest BCUT2D eigenvalue weighted by Crippen LogP contribution is 2.45. The van der Waals surface area contributed by atoms with Crippen LogP contribution in [0.5, 0.6) is 0 Å². The monoisotopic (exact) mass is 1810 g/mol. The molecule has 4 N–H and O–H groups in total. The van der Waals surface area contributed by atoms with Gasteiger partial charge >= 0.3 is 33.6 Å². The van der Waals surface area contributed by atoms with Gasteiger partial charge in [0.15, 0.2) is 6.10 Å². The zero-order chi connectivity index (χ0) is 92.1. The van der Waals surface area contributed by atoms with Gasteiger partial charge in [0.2, 0.25) is 0 Å². The number of aliphatic hydroxyl groups is 2. The summed E-state index contributed by atoms with van der Waals surface area (Å²) < 4.78 is 61.7. The van der Waals surface area contributed by atoms with E-state index in [2.05, 4.69) is 203 Å². The van der Waals surface area contributed by atoms with Crippen molar-refractivity contribution < 1.29 is 75.8 Å². The van der Waals surface area contributed by atoms with Crippen LogP contribution in [0.4, 0.5) is 0 Å². The zero-order valence-corrected chi connectivity index (χ0v) is 82.4. The minimum Gasteiger partial charge on any atom is -0.463 e. The van der Waals surface area contributed by atoms with Gasteiger partial charge in [0.05, 0.1) is 26.4 Å². The molecule has 0 aromatic rings. The van der Waals surface area contributed by atoms with Gasteiger partial charge in [-0.15, -0.1) is 0 Å². The van der Waals surface area contributed by atoms with Crippen molar-refractivity contribution in [3.05, 3.63) is 182 Å². The number of phosphoric acid groups is 2. The number of aliphatic hydroxyl groups excluding tert-OH is 2. The molecule has 0 amide bonds. The molecule has 0 aliphatic heterocycles. The van der Waals surface area contributed by atoms with E-state index in [9.17, 15) is 43.5 Å². The first-order chi connectivity index (χ1) is 62.2. The molecule has 0 aromatic heterocycles. The third-order valence-electron chi connectivity index (χ3n) is 21.6. The quantitative estimate of drug-likeness (QED) is 0.0146. The molecule has 0 aromatic carbocycles. The van der Waals surface area contributed by atoms with Crippen LogP contribution in [0.25, 0.3) is 0 Å². The van der Waals surface area contributed by atoms with Gasteiger partial charge in [-0.3, -0.25) is 32.5 Å². The Labute approximate surface area is 776 Å². The van der Waals surface area contributed by atoms with E-state index in [1.165, 1.54) is 205 Å². The lowest BCUT2D eigenvalue weighted by atomic mass is 10.0. The molecular weight excluding hydrogens is 1630 g/mol. The lowest BCUT2D eigenvalue weighted by Crippen LogP contribution is -2.30. The summed E-state index contributed by atoms with van der Waals surface area (Å²) >= 11 is 0. The summed E-state index contributed by atoms with van der Waals surface area (Å²) in [7, 11) is -9.83. The van der Waals surface area contributed by atoms with Gasteiger partial charge in [0.25, 0.3) is 0 Å². The Morgan fingerprint density at radius 1 is 0.228 bits per heavy atom. The molecule has 0 heterocycles. The Hall–Kier alpha value is -5.35. The molecule has 18 heteroatoms. The minimum atomic E-state index is -4.95. The van der Waals surface area contributed by atoms with Crippen LogP contribution in [0, 0.1) is 0 Å². The fourth-order valence-corrected chi connectivity index (χ4v) is 15.5. The van der Waals surface area contributed by atoms with Gasteiger partial charge in [-0.2, -0.15) is 0 Å². The van der Waals surface area contributed by atoms with Crippen molar-refractivity contribution in [3.8, 4) is 0 Å². The van der Waals surface area contributed by atoms with Crippen LogP contribution < -0.4 is 0 Å². The van der Waals surface area contributed by atoms with Gasteiger partial charge < -0.3 is 34.2 Å². The number of carbonyl (C=O) groups is 3. The molecule has 0 saturated carbocycles. The van der Waals surface area contributed by atoms with Crippen LogP contribution in [-0.4, -0.2) is 95.9 Å². The normalized spacial score (nSPS) is 14.4. The van der Waals surface area contributed by atoms with Crippen molar-refractivity contribution >= 4 is 33.6 Å². The molecule has 0 rings (SSSR count). The molecule has 5 unspecified atom stereocenters. The van der Waals surface area contributed by atoms with Gasteiger partial charge in [-0.05, 0) is 161 Å². The van der Waals surface area contributed by atoms with E-state index in [0.29, 0.717) is 19.3 Å². The molecule has 127 heavy (non-hydrogen) atoms. The summed E-state index contributed by atoms with van der Waals surface area (Å²) in [5.74, 6) is -1.58. The maximum atomic E-state index is 13.1. The highest BCUT2D eigenvalue weighted by atomic mass is 31.2. The second kappa shape index (κ2) is 99.7. The summed E-state index contributed by atoms with van der Waals surface area (Å²) in [5.41, 5.74) is 0. The second-order valence-corrected chi connectivity index (χ2v) is 36.8. The third kappa shape index (κ3) is 101. The maximum absolute atomic E-state index is 13.1. The maximum Gasteiger partial charge on any atom is 0.472 e. The molecule has 16 nitrogen and oxygen atoms in total. The predicted octanol–water partition coefficient (Wildman–Crippen LogP) is 32.3. The Morgan fingerprint density at radius 3 is 0.661 bits per heavy atom. The summed E-state index contributed by atoms with van der Waals surface area (Å²) in [6.07, 6.45) is 132. The number of allylic oxidation sites excluding steroid dienone is 30. The number of hydrogen-bond acceptors (Lipinski definition) is 14. The summed E-state index contributed by atoms with van der Waals surface area (Å²) in [6, 6.07) is 0. The Bertz CT molecular complexity index is 3040. The molecule has 0 aliphatic carbocycles. The standard InChI is InChI=1S/C109H186O16P2/c1-4-7-10-13-16-19-22-25-28-31-34-37-40-43-45-47-49-50-51-52-54-56-57-60-62-65-68-71-74-77-80-83-86-89-92-95-107(112)119-98-104(110)99-121-126(115,116)122-100-105(111)101-123-127(117,118)124-103-106(125-109(114)97-94-91-88-85-82-79-76-73-70-67-64-59-42-39-36-33-30-27-24-21-18-15-12-9-6-3)102-120-108(113)96-93-90-87-84-81-78-75-72-69-66-63-61-58-55-53-48-46-44-41-38-35-32-29-26-23-20-17-14-11-8-5-2/h7,9-10,12,16-21,25-30,34-39,43-46,59,64,70,73,104-106,110-111H,4-6,8,11,13-15,22-24,31-33,40-42,47-58,60-63,65-69,71-72,74-103H2,1-3H3,(H,115,116)(H,117,118)/b10-7-,12-9-,19-16-,20-17-,21-18-,28-25-,29-26-,30-27-,37-34-,38-35-,39-36-,45-43-,46-44-,64-59-,73-70-. The third-order valence-corrected chi connectivity index (χ3v) is 23.5. The molecule has 728 valence electrons. The molecule has 5 atom stereocenters. The average molecular weight is 1810 g/mol. The Kier molecular flexibility index (Phi) is 95.5. The average Bonchev–Trinajstić information content (AvgIpc) is 0.957. The molecule has 0 aliphatic rings. The number of rotatable bonds is 96. The highest BCUT2D eigenvalue weighted by molar-refractivity contribution is 7.47. The number of esters is 3. The van der Waals surface area contributed by atoms with E-state index in [1.54, 1.807) is 0 Å². The number of ether oxygens (including phenoxy) is 3. The zero-order valence-electron chi connectivity index (χ0n) is 80.6. The van der Waals surface area contributed by atoms with Crippen molar-refractivity contribution in [1.82, 2.24) is 0 Å². The van der Waals surface area contributed by atoms with E-state index >= 15 is 0 Å². The second-order valence-electron chi connectivity index (χ2n) is 33.9. The first-order valence-electron chi connectivity index (χ1n) is 51.1. The van der Waals surface area contributed by atoms with Crippen LogP contribution in [-0.2, 0) is 55.8 Å². The van der Waals surface area contributed by atoms with Gasteiger partial charge in [-0.1, -0.05) is 434 Å². The number of unbranched alkanes of at least 4 members (excludes halogenated alkanes) is 43. The molecule has 0 saturated heterocycles. The largest absolute Gasteiger partial charge is 0.472 e. The number of hydrogen-bond donors (Lipinski definition) is 4. The van der Waals surface area contributed by atoms with Crippen molar-refractivity contribution in [1.29, 1.82) is 0 Å². The smallest absolute Gasteiger partial charge is 0.463 e. The Balaban J connectivity index is 4.58. The SMILES string of the molecule is CC/C=C\C/C=C\C/C=C\C/C=C\C/C=C\C/C=C\CCCCCCCCC(=O)OC(COC(=O)CCCCCCCCCCCCCCCCC/C=C\C/C=C\C/C=C\C/C=C\CCCCC)COP(=O)(O)OCC(O)COP(=O)(O)OCC(O)COC(=O)CCCCCCCCCCCCCCCCCCCCC/C=C\C/C=C\C/C=C\C/C=C\C/C=C\CC. The van der Waals surface area contributed by atoms with Gasteiger partial charge in [0, 0.05) is 19.3 Å². The van der Waals surface area contributed by atoms with Crippen LogP contribution in [0.3, 0.4) is 0 Å². The summed E-state index contributed by atoms with van der Waals surface area (Å²) in [6.45, 7) is 2.47. The molecule has 0 bridgehead atoms. The molecule has 0 fully saturated rings. The van der Waals surface area contributed by atoms with E-state index < -0.39 is 91.5 Å². The van der Waals surface area contributed by atoms with Crippen molar-refractivity contribution in [2.45, 2.75) is 450 Å². The number of carbonyl (C=O) groups excluding carboxylic acids is 3. The van der Waals surface area contributed by atoms with Crippen molar-refractivity contribution in [3.63, 3.8) is 0 Å². The lowest BCUT2D eigenvalue weighted by Gasteiger charge is -2.21. The Morgan fingerprint density at radius 2 is 0.417 bits per heavy atom. The fourth-order valence-electron chi connectivity index (χ4n) is 13.9. The van der Waals surface area contributed by atoms with Crippen molar-refractivity contribution in [2.75, 3.05) is 39.6 Å².